The molecule has 0 aromatic carbocycles. The molecule has 0 saturated carbocycles. The van der Waals surface area contributed by atoms with Crippen LogP contribution in [0.4, 0.5) is 0 Å². The van der Waals surface area contributed by atoms with Crippen LogP contribution in [0.3, 0.4) is 0 Å². The first-order valence-corrected chi connectivity index (χ1v) is 5.65. The Balaban J connectivity index is 4.54. The third-order valence-corrected chi connectivity index (χ3v) is 2.10. The van der Waals surface area contributed by atoms with E-state index in [1.54, 1.807) is 0 Å². The number of rotatable bonds is 6. The van der Waals surface area contributed by atoms with Crippen LogP contribution >= 0.6 is 0 Å². The normalized spacial score (nSPS) is 9.44. The van der Waals surface area contributed by atoms with Gasteiger partial charge in [-0.15, -0.1) is 0 Å². The van der Waals surface area contributed by atoms with Crippen LogP contribution in [0.5, 0.6) is 0 Å². The summed E-state index contributed by atoms with van der Waals surface area (Å²) in [5.74, 6) is -0.570. The van der Waals surface area contributed by atoms with Crippen molar-refractivity contribution >= 4 is 11.8 Å². The van der Waals surface area contributed by atoms with Gasteiger partial charge >= 0.3 is 0 Å². The molecule has 16 heavy (non-hydrogen) atoms. The van der Waals surface area contributed by atoms with Crippen LogP contribution in [0.1, 0.15) is 40.0 Å². The second-order valence-electron chi connectivity index (χ2n) is 3.96. The lowest BCUT2D eigenvalue weighted by Crippen LogP contribution is -2.35. The fraction of sp³-hybridized carbons (Fsp3) is 0.538. The van der Waals surface area contributed by atoms with Crippen molar-refractivity contribution in [2.75, 3.05) is 6.54 Å². The van der Waals surface area contributed by atoms with Crippen molar-refractivity contribution in [2.45, 2.75) is 40.0 Å². The number of carbonyl (C=O) groups excluding carboxylic acids is 2. The Kier molecular flexibility index (Phi) is 7.18. The fourth-order valence-corrected chi connectivity index (χ4v) is 1.28. The van der Waals surface area contributed by atoms with Crippen LogP contribution in [-0.4, -0.2) is 23.3 Å². The number of allylic oxidation sites excluding steroid dienone is 1. The standard InChI is InChI=1S/C13H21NO2/c1-5-7-8-9-14(12(15)6-2)13(16)10-11(3)4/h6,10H,2,5,7-9H2,1,3-4H3. The molecule has 0 aliphatic rings. The average Bonchev–Trinajstić information content (AvgIpc) is 2.22. The zero-order chi connectivity index (χ0) is 12.6. The summed E-state index contributed by atoms with van der Waals surface area (Å²) in [6, 6.07) is 0. The number of carbonyl (C=O) groups is 2. The molecule has 0 aliphatic heterocycles. The van der Waals surface area contributed by atoms with Gasteiger partial charge in [0.15, 0.2) is 0 Å². The smallest absolute Gasteiger partial charge is 0.253 e. The Bertz CT molecular complexity index is 288. The van der Waals surface area contributed by atoms with Crippen molar-refractivity contribution < 1.29 is 9.59 Å². The van der Waals surface area contributed by atoms with Gasteiger partial charge in [0, 0.05) is 12.6 Å². The monoisotopic (exact) mass is 223 g/mol. The minimum Gasteiger partial charge on any atom is -0.275 e. The summed E-state index contributed by atoms with van der Waals surface area (Å²) in [7, 11) is 0. The molecule has 0 aromatic rings. The van der Waals surface area contributed by atoms with Crippen molar-refractivity contribution in [1.82, 2.24) is 4.90 Å². The van der Waals surface area contributed by atoms with Crippen molar-refractivity contribution in [3.8, 4) is 0 Å². The number of amides is 2. The van der Waals surface area contributed by atoms with Crippen LogP contribution in [0.25, 0.3) is 0 Å². The maximum Gasteiger partial charge on any atom is 0.253 e. The van der Waals surface area contributed by atoms with Crippen LogP contribution in [0.2, 0.25) is 0 Å². The Morgan fingerprint density at radius 3 is 2.25 bits per heavy atom. The quantitative estimate of drug-likeness (QED) is 0.513. The highest BCUT2D eigenvalue weighted by molar-refractivity contribution is 6.05. The summed E-state index contributed by atoms with van der Waals surface area (Å²) in [4.78, 5) is 24.5. The molecule has 0 aliphatic carbocycles. The number of hydrogen-bond acceptors (Lipinski definition) is 2. The van der Waals surface area contributed by atoms with Gasteiger partial charge in [-0.1, -0.05) is 31.9 Å². The summed E-state index contributed by atoms with van der Waals surface area (Å²) in [5, 5.41) is 0. The van der Waals surface area contributed by atoms with Gasteiger partial charge in [-0.25, -0.2) is 0 Å². The van der Waals surface area contributed by atoms with Gasteiger partial charge in [0.25, 0.3) is 11.8 Å². The molecule has 0 rings (SSSR count). The third kappa shape index (κ3) is 5.49. The molecule has 0 bridgehead atoms. The first-order valence-electron chi connectivity index (χ1n) is 5.65. The molecule has 3 nitrogen and oxygen atoms in total. The van der Waals surface area contributed by atoms with E-state index in [0.29, 0.717) is 6.54 Å². The molecule has 0 radical (unpaired) electrons. The topological polar surface area (TPSA) is 37.4 Å². The SMILES string of the molecule is C=CC(=O)N(CCCCC)C(=O)C=C(C)C. The summed E-state index contributed by atoms with van der Waals surface area (Å²) >= 11 is 0. The first-order chi connectivity index (χ1) is 7.52. The Morgan fingerprint density at radius 2 is 1.81 bits per heavy atom. The molecule has 3 heteroatoms. The zero-order valence-electron chi connectivity index (χ0n) is 10.5. The van der Waals surface area contributed by atoms with E-state index in [2.05, 4.69) is 13.5 Å². The summed E-state index contributed by atoms with van der Waals surface area (Å²) in [6.07, 6.45) is 5.59. The van der Waals surface area contributed by atoms with Crippen molar-refractivity contribution in [3.63, 3.8) is 0 Å². The molecule has 0 heterocycles. The highest BCUT2D eigenvalue weighted by Crippen LogP contribution is 2.02. The van der Waals surface area contributed by atoms with Gasteiger partial charge < -0.3 is 0 Å². The highest BCUT2D eigenvalue weighted by atomic mass is 16.2. The van der Waals surface area contributed by atoms with Crippen LogP contribution in [0.15, 0.2) is 24.3 Å². The largest absolute Gasteiger partial charge is 0.275 e. The Morgan fingerprint density at radius 1 is 1.19 bits per heavy atom. The van der Waals surface area contributed by atoms with Gasteiger partial charge in [0.1, 0.15) is 0 Å². The van der Waals surface area contributed by atoms with Gasteiger partial charge in [-0.3, -0.25) is 14.5 Å². The second-order valence-corrected chi connectivity index (χ2v) is 3.96. The average molecular weight is 223 g/mol. The van der Waals surface area contributed by atoms with E-state index >= 15 is 0 Å². The summed E-state index contributed by atoms with van der Waals surface area (Å²) < 4.78 is 0. The van der Waals surface area contributed by atoms with Crippen molar-refractivity contribution in [1.29, 1.82) is 0 Å². The van der Waals surface area contributed by atoms with E-state index in [1.807, 2.05) is 13.8 Å². The second kappa shape index (κ2) is 7.85. The molecule has 2 amide bonds. The van der Waals surface area contributed by atoms with Gasteiger partial charge in [-0.2, -0.15) is 0 Å². The molecule has 0 unspecified atom stereocenters. The number of hydrogen-bond donors (Lipinski definition) is 0. The number of imide groups is 1. The van der Waals surface area contributed by atoms with E-state index in [9.17, 15) is 9.59 Å². The third-order valence-electron chi connectivity index (χ3n) is 2.10. The molecule has 0 aromatic heterocycles. The molecule has 90 valence electrons. The van der Waals surface area contributed by atoms with Crippen LogP contribution in [-0.2, 0) is 9.59 Å². The maximum atomic E-state index is 11.7. The fourth-order valence-electron chi connectivity index (χ4n) is 1.28. The molecule has 0 N–H and O–H groups in total. The summed E-state index contributed by atoms with van der Waals surface area (Å²) in [5.41, 5.74) is 0.891. The van der Waals surface area contributed by atoms with Gasteiger partial charge in [-0.05, 0) is 26.3 Å². The van der Waals surface area contributed by atoms with Crippen LogP contribution < -0.4 is 0 Å². The lowest BCUT2D eigenvalue weighted by Gasteiger charge is -2.17. The van der Waals surface area contributed by atoms with E-state index in [1.165, 1.54) is 17.1 Å². The molecule has 0 spiro atoms. The van der Waals surface area contributed by atoms with E-state index < -0.39 is 0 Å². The molecule has 0 atom stereocenters. The minimum atomic E-state index is -0.321. The zero-order valence-corrected chi connectivity index (χ0v) is 10.5. The summed E-state index contributed by atoms with van der Waals surface area (Å²) in [6.45, 7) is 9.63. The number of nitrogens with zero attached hydrogens (tertiary/aromatic N) is 1. The molecule has 0 fully saturated rings. The molecular formula is C13H21NO2. The van der Waals surface area contributed by atoms with Gasteiger partial charge in [0.05, 0.1) is 0 Å². The minimum absolute atomic E-state index is 0.249. The highest BCUT2D eigenvalue weighted by Gasteiger charge is 2.15. The predicted molar refractivity (Wildman–Crippen MR) is 65.9 cm³/mol. The van der Waals surface area contributed by atoms with E-state index in [4.69, 9.17) is 0 Å². The van der Waals surface area contributed by atoms with Crippen LogP contribution in [0, 0.1) is 0 Å². The Labute approximate surface area is 97.8 Å². The maximum absolute atomic E-state index is 11.7. The van der Waals surface area contributed by atoms with E-state index in [-0.39, 0.29) is 11.8 Å². The van der Waals surface area contributed by atoms with Gasteiger partial charge in [0.2, 0.25) is 0 Å². The molecular weight excluding hydrogens is 202 g/mol. The molecule has 0 saturated heterocycles. The lowest BCUT2D eigenvalue weighted by atomic mass is 10.2. The van der Waals surface area contributed by atoms with E-state index in [0.717, 1.165) is 24.8 Å². The van der Waals surface area contributed by atoms with Crippen molar-refractivity contribution in [3.05, 3.63) is 24.3 Å². The predicted octanol–water partition coefficient (Wildman–Crippen LogP) is 2.68. The van der Waals surface area contributed by atoms with Crippen molar-refractivity contribution in [2.24, 2.45) is 0 Å². The Hall–Kier alpha value is -1.38. The number of unbranched alkanes of at least 4 members (excludes halogenated alkanes) is 2. The first kappa shape index (κ1) is 14.6. The lowest BCUT2D eigenvalue weighted by molar-refractivity contribution is -0.138.